The predicted molar refractivity (Wildman–Crippen MR) is 95.1 cm³/mol. The van der Waals surface area contributed by atoms with E-state index < -0.39 is 5.60 Å². The maximum Gasteiger partial charge on any atom is 0.410 e. The van der Waals surface area contributed by atoms with Crippen molar-refractivity contribution in [1.29, 1.82) is 0 Å². The zero-order valence-corrected chi connectivity index (χ0v) is 15.6. The van der Waals surface area contributed by atoms with Crippen molar-refractivity contribution in [3.63, 3.8) is 0 Å². The summed E-state index contributed by atoms with van der Waals surface area (Å²) in [4.78, 5) is 25.4. The molecule has 0 aromatic heterocycles. The molecule has 1 N–H and O–H groups in total. The monoisotopic (exact) mass is 348 g/mol. The molecule has 0 fully saturated rings. The van der Waals surface area contributed by atoms with Gasteiger partial charge in [-0.25, -0.2) is 4.79 Å². The third-order valence-electron chi connectivity index (χ3n) is 3.84. The molecule has 1 aromatic carbocycles. The number of fused-ring (bicyclic) bond motifs is 1. The van der Waals surface area contributed by atoms with Gasteiger partial charge in [-0.2, -0.15) is 0 Å². The van der Waals surface area contributed by atoms with Crippen molar-refractivity contribution in [2.75, 3.05) is 19.7 Å². The number of esters is 1. The molecular formula is C19H28N2O4. The van der Waals surface area contributed by atoms with Gasteiger partial charge in [-0.15, -0.1) is 0 Å². The highest BCUT2D eigenvalue weighted by atomic mass is 16.6. The molecule has 0 aliphatic carbocycles. The highest BCUT2D eigenvalue weighted by Crippen LogP contribution is 2.22. The van der Waals surface area contributed by atoms with Crippen LogP contribution in [0.25, 0.3) is 0 Å². The first-order valence-corrected chi connectivity index (χ1v) is 8.73. The number of rotatable bonds is 5. The number of nitrogens with one attached hydrogen (secondary N) is 1. The number of carbonyl (C=O) groups is 2. The topological polar surface area (TPSA) is 67.9 Å². The summed E-state index contributed by atoms with van der Waals surface area (Å²) in [6.45, 7) is 9.78. The van der Waals surface area contributed by atoms with Crippen LogP contribution in [-0.2, 0) is 33.8 Å². The van der Waals surface area contributed by atoms with E-state index in [-0.39, 0.29) is 18.6 Å². The molecule has 0 atom stereocenters. The number of benzene rings is 1. The Morgan fingerprint density at radius 1 is 1.24 bits per heavy atom. The van der Waals surface area contributed by atoms with Gasteiger partial charge in [-0.3, -0.25) is 4.79 Å². The summed E-state index contributed by atoms with van der Waals surface area (Å²) >= 11 is 0. The van der Waals surface area contributed by atoms with Crippen LogP contribution in [0.2, 0.25) is 0 Å². The van der Waals surface area contributed by atoms with Crippen LogP contribution in [0.1, 0.15) is 44.4 Å². The van der Waals surface area contributed by atoms with Crippen molar-refractivity contribution < 1.29 is 19.1 Å². The maximum absolute atomic E-state index is 12.3. The van der Waals surface area contributed by atoms with Crippen LogP contribution in [0, 0.1) is 0 Å². The lowest BCUT2D eigenvalue weighted by Crippen LogP contribution is -2.39. The molecule has 25 heavy (non-hydrogen) atoms. The number of hydrogen-bond donors (Lipinski definition) is 1. The third-order valence-corrected chi connectivity index (χ3v) is 3.84. The Balaban J connectivity index is 1.94. The van der Waals surface area contributed by atoms with E-state index >= 15 is 0 Å². The van der Waals surface area contributed by atoms with E-state index in [1.165, 1.54) is 5.56 Å². The summed E-state index contributed by atoms with van der Waals surface area (Å²) in [5, 5.41) is 3.08. The lowest BCUT2D eigenvalue weighted by atomic mass is 9.97. The summed E-state index contributed by atoms with van der Waals surface area (Å²) in [5.41, 5.74) is 2.98. The summed E-state index contributed by atoms with van der Waals surface area (Å²) in [7, 11) is 0. The van der Waals surface area contributed by atoms with Crippen LogP contribution in [0.4, 0.5) is 4.79 Å². The first kappa shape index (κ1) is 19.2. The van der Waals surface area contributed by atoms with E-state index in [1.54, 1.807) is 11.8 Å². The standard InChI is InChI=1S/C19H28N2O4/c1-5-24-17(22)12-20-11-14-6-7-15-8-9-21(13-16(15)10-14)18(23)25-19(2,3)4/h6-7,10,20H,5,8-9,11-13H2,1-4H3. The smallest absolute Gasteiger partial charge is 0.410 e. The van der Waals surface area contributed by atoms with E-state index in [4.69, 9.17) is 9.47 Å². The van der Waals surface area contributed by atoms with E-state index in [9.17, 15) is 9.59 Å². The summed E-state index contributed by atoms with van der Waals surface area (Å²) in [6.07, 6.45) is 0.550. The zero-order chi connectivity index (χ0) is 18.4. The summed E-state index contributed by atoms with van der Waals surface area (Å²) in [5.74, 6) is -0.253. The molecule has 1 aliphatic heterocycles. The molecule has 0 unspecified atom stereocenters. The molecule has 1 aliphatic rings. The van der Waals surface area contributed by atoms with Gasteiger partial charge in [0.15, 0.2) is 0 Å². The predicted octanol–water partition coefficient (Wildman–Crippen LogP) is 2.63. The largest absolute Gasteiger partial charge is 0.465 e. The van der Waals surface area contributed by atoms with Crippen molar-refractivity contribution in [2.24, 2.45) is 0 Å². The Labute approximate surface area is 149 Å². The molecule has 6 nitrogen and oxygen atoms in total. The number of ether oxygens (including phenoxy) is 2. The average Bonchev–Trinajstić information content (AvgIpc) is 2.53. The molecule has 0 radical (unpaired) electrons. The molecule has 2 rings (SSSR count). The van der Waals surface area contributed by atoms with Gasteiger partial charge >= 0.3 is 12.1 Å². The zero-order valence-electron chi connectivity index (χ0n) is 15.6. The molecule has 0 spiro atoms. The number of nitrogens with zero attached hydrogens (tertiary/aromatic N) is 1. The van der Waals surface area contributed by atoms with Crippen LogP contribution in [0.15, 0.2) is 18.2 Å². The van der Waals surface area contributed by atoms with Gasteiger partial charge in [0.05, 0.1) is 13.2 Å². The number of hydrogen-bond acceptors (Lipinski definition) is 5. The first-order chi connectivity index (χ1) is 11.8. The fraction of sp³-hybridized carbons (Fsp3) is 0.579. The third kappa shape index (κ3) is 6.05. The van der Waals surface area contributed by atoms with E-state index in [0.29, 0.717) is 26.2 Å². The van der Waals surface area contributed by atoms with Crippen molar-refractivity contribution >= 4 is 12.1 Å². The molecule has 1 aromatic rings. The highest BCUT2D eigenvalue weighted by Gasteiger charge is 2.25. The average molecular weight is 348 g/mol. The van der Waals surface area contributed by atoms with Crippen LogP contribution in [0.5, 0.6) is 0 Å². The Kier molecular flexibility index (Phi) is 6.42. The fourth-order valence-corrected chi connectivity index (χ4v) is 2.72. The molecular weight excluding hydrogens is 320 g/mol. The molecule has 1 heterocycles. The molecule has 1 amide bonds. The van der Waals surface area contributed by atoms with E-state index in [0.717, 1.165) is 17.5 Å². The summed E-state index contributed by atoms with van der Waals surface area (Å²) < 4.78 is 10.4. The molecule has 0 saturated heterocycles. The molecule has 138 valence electrons. The van der Waals surface area contributed by atoms with Crippen LogP contribution < -0.4 is 5.32 Å². The van der Waals surface area contributed by atoms with Gasteiger partial charge in [0.25, 0.3) is 0 Å². The van der Waals surface area contributed by atoms with Gasteiger partial charge < -0.3 is 19.7 Å². The Morgan fingerprint density at radius 2 is 2.00 bits per heavy atom. The Hall–Kier alpha value is -2.08. The molecule has 0 bridgehead atoms. The van der Waals surface area contributed by atoms with Crippen molar-refractivity contribution in [3.8, 4) is 0 Å². The van der Waals surface area contributed by atoms with Gasteiger partial charge in [0.2, 0.25) is 0 Å². The highest BCUT2D eigenvalue weighted by molar-refractivity contribution is 5.71. The normalized spacial score (nSPS) is 14.0. The Bertz CT molecular complexity index is 622. The fourth-order valence-electron chi connectivity index (χ4n) is 2.72. The Morgan fingerprint density at radius 3 is 2.68 bits per heavy atom. The second-order valence-corrected chi connectivity index (χ2v) is 7.16. The lowest BCUT2D eigenvalue weighted by molar-refractivity contribution is -0.142. The van der Waals surface area contributed by atoms with Gasteiger partial charge in [-0.1, -0.05) is 18.2 Å². The minimum Gasteiger partial charge on any atom is -0.465 e. The van der Waals surface area contributed by atoms with Gasteiger partial charge in [0, 0.05) is 19.6 Å². The second kappa shape index (κ2) is 8.34. The minimum atomic E-state index is -0.490. The van der Waals surface area contributed by atoms with Crippen molar-refractivity contribution in [1.82, 2.24) is 10.2 Å². The summed E-state index contributed by atoms with van der Waals surface area (Å²) in [6, 6.07) is 6.24. The molecule has 6 heteroatoms. The van der Waals surface area contributed by atoms with Crippen molar-refractivity contribution in [2.45, 2.75) is 52.8 Å². The SMILES string of the molecule is CCOC(=O)CNCc1ccc2c(c1)CN(C(=O)OC(C)(C)C)CC2. The molecule has 0 saturated carbocycles. The first-order valence-electron chi connectivity index (χ1n) is 8.73. The van der Waals surface area contributed by atoms with E-state index in [2.05, 4.69) is 23.5 Å². The quantitative estimate of drug-likeness (QED) is 0.829. The van der Waals surface area contributed by atoms with E-state index in [1.807, 2.05) is 20.8 Å². The van der Waals surface area contributed by atoms with Crippen molar-refractivity contribution in [3.05, 3.63) is 34.9 Å². The van der Waals surface area contributed by atoms with Crippen LogP contribution in [0.3, 0.4) is 0 Å². The van der Waals surface area contributed by atoms with Gasteiger partial charge in [-0.05, 0) is 50.8 Å². The minimum absolute atomic E-state index is 0.189. The number of amides is 1. The van der Waals surface area contributed by atoms with Crippen LogP contribution in [-0.4, -0.2) is 42.3 Å². The van der Waals surface area contributed by atoms with Gasteiger partial charge in [0.1, 0.15) is 5.60 Å². The maximum atomic E-state index is 12.3. The number of carbonyl (C=O) groups excluding carboxylic acids is 2. The van der Waals surface area contributed by atoms with Crippen LogP contribution >= 0.6 is 0 Å². The second-order valence-electron chi connectivity index (χ2n) is 7.16. The lowest BCUT2D eigenvalue weighted by Gasteiger charge is -2.31.